The van der Waals surface area contributed by atoms with Crippen molar-refractivity contribution in [2.45, 2.75) is 44.4 Å². The molecule has 7 heteroatoms. The average molecular weight is 421 g/mol. The molecule has 0 fully saturated rings. The molecule has 1 amide bonds. The fourth-order valence-electron chi connectivity index (χ4n) is 1.92. The lowest BCUT2D eigenvalue weighted by Gasteiger charge is -2.14. The van der Waals surface area contributed by atoms with Crippen LogP contribution in [0.2, 0.25) is 0 Å². The molecule has 0 aliphatic heterocycles. The van der Waals surface area contributed by atoms with Gasteiger partial charge in [-0.05, 0) is 42.8 Å². The number of thiocarbonyl (C=S) groups is 1. The maximum Gasteiger partial charge on any atom is 0.238 e. The third-order valence-corrected chi connectivity index (χ3v) is 4.26. The highest BCUT2D eigenvalue weighted by atomic mass is 79.9. The number of benzene rings is 1. The Morgan fingerprint density at radius 1 is 1.26 bits per heavy atom. The number of alkyl halides is 1. The van der Waals surface area contributed by atoms with Gasteiger partial charge in [0.15, 0.2) is 5.11 Å². The Morgan fingerprint density at radius 2 is 1.96 bits per heavy atom. The minimum Gasteiger partial charge on any atom is -0.360 e. The molecule has 0 bridgehead atoms. The molecular formula is C16H23BrClN3OS. The Bertz CT molecular complexity index is 499. The zero-order chi connectivity index (χ0) is 17.1. The van der Waals surface area contributed by atoms with E-state index in [1.54, 1.807) is 0 Å². The predicted molar refractivity (Wildman–Crippen MR) is 104 cm³/mol. The van der Waals surface area contributed by atoms with Crippen LogP contribution in [0.25, 0.3) is 0 Å². The van der Waals surface area contributed by atoms with Gasteiger partial charge in [0, 0.05) is 17.4 Å². The number of unbranched alkanes of at least 4 members (excludes halogenated alkanes) is 2. The lowest BCUT2D eigenvalue weighted by atomic mass is 10.1. The van der Waals surface area contributed by atoms with E-state index < -0.39 is 0 Å². The van der Waals surface area contributed by atoms with Crippen LogP contribution in [0.4, 0.5) is 0 Å². The SMILES string of the molecule is CCCCCC(=O)NNC(=S)NCC(Cl)Cc1ccc(Br)cc1. The van der Waals surface area contributed by atoms with Gasteiger partial charge in [0.1, 0.15) is 0 Å². The second-order valence-electron chi connectivity index (χ2n) is 5.27. The largest absolute Gasteiger partial charge is 0.360 e. The summed E-state index contributed by atoms with van der Waals surface area (Å²) < 4.78 is 1.05. The van der Waals surface area contributed by atoms with E-state index in [-0.39, 0.29) is 11.3 Å². The molecule has 4 nitrogen and oxygen atoms in total. The molecule has 128 valence electrons. The van der Waals surface area contributed by atoms with E-state index >= 15 is 0 Å². The van der Waals surface area contributed by atoms with Crippen molar-refractivity contribution in [2.24, 2.45) is 0 Å². The van der Waals surface area contributed by atoms with Crippen LogP contribution in [0.15, 0.2) is 28.7 Å². The molecule has 0 saturated carbocycles. The van der Waals surface area contributed by atoms with E-state index in [4.69, 9.17) is 23.8 Å². The highest BCUT2D eigenvalue weighted by Gasteiger charge is 2.07. The van der Waals surface area contributed by atoms with Gasteiger partial charge in [-0.3, -0.25) is 15.6 Å². The van der Waals surface area contributed by atoms with Crippen molar-refractivity contribution in [3.8, 4) is 0 Å². The second kappa shape index (κ2) is 11.6. The monoisotopic (exact) mass is 419 g/mol. The molecule has 3 N–H and O–H groups in total. The standard InChI is InChI=1S/C16H23BrClN3OS/c1-2-3-4-5-15(22)20-21-16(23)19-11-14(18)10-12-6-8-13(17)9-7-12/h6-9,14H,2-5,10-11H2,1H3,(H,20,22)(H2,19,21,23). The third-order valence-electron chi connectivity index (χ3n) is 3.18. The summed E-state index contributed by atoms with van der Waals surface area (Å²) >= 11 is 14.8. The van der Waals surface area contributed by atoms with Crippen molar-refractivity contribution in [2.75, 3.05) is 6.54 Å². The van der Waals surface area contributed by atoms with Crippen LogP contribution in [0, 0.1) is 0 Å². The summed E-state index contributed by atoms with van der Waals surface area (Å²) in [6, 6.07) is 8.05. The molecule has 1 aromatic rings. The van der Waals surface area contributed by atoms with E-state index in [1.165, 1.54) is 0 Å². The van der Waals surface area contributed by atoms with Gasteiger partial charge in [-0.2, -0.15) is 0 Å². The number of hydrogen-bond donors (Lipinski definition) is 3. The van der Waals surface area contributed by atoms with E-state index in [0.29, 0.717) is 18.1 Å². The molecular weight excluding hydrogens is 398 g/mol. The molecule has 0 heterocycles. The number of carbonyl (C=O) groups is 1. The number of amides is 1. The maximum absolute atomic E-state index is 11.5. The zero-order valence-electron chi connectivity index (χ0n) is 13.2. The Balaban J connectivity index is 2.17. The lowest BCUT2D eigenvalue weighted by Crippen LogP contribution is -2.48. The van der Waals surface area contributed by atoms with E-state index in [9.17, 15) is 4.79 Å². The van der Waals surface area contributed by atoms with E-state index in [0.717, 1.165) is 35.7 Å². The van der Waals surface area contributed by atoms with Gasteiger partial charge in [-0.1, -0.05) is 47.8 Å². The molecule has 1 atom stereocenters. The number of carbonyl (C=O) groups excluding carboxylic acids is 1. The quantitative estimate of drug-likeness (QED) is 0.260. The van der Waals surface area contributed by atoms with Crippen molar-refractivity contribution in [3.05, 3.63) is 34.3 Å². The van der Waals surface area contributed by atoms with Gasteiger partial charge in [0.25, 0.3) is 0 Å². The molecule has 1 rings (SSSR count). The zero-order valence-corrected chi connectivity index (χ0v) is 16.4. The number of hydrazine groups is 1. The third kappa shape index (κ3) is 9.79. The van der Waals surface area contributed by atoms with Crippen LogP contribution in [0.5, 0.6) is 0 Å². The molecule has 0 aromatic heterocycles. The van der Waals surface area contributed by atoms with Gasteiger partial charge in [-0.15, -0.1) is 11.6 Å². The normalized spacial score (nSPS) is 11.6. The smallest absolute Gasteiger partial charge is 0.238 e. The number of halogens is 2. The van der Waals surface area contributed by atoms with Crippen LogP contribution >= 0.6 is 39.7 Å². The molecule has 0 spiro atoms. The number of hydrogen-bond acceptors (Lipinski definition) is 2. The summed E-state index contributed by atoms with van der Waals surface area (Å²) in [4.78, 5) is 11.5. The van der Waals surface area contributed by atoms with Gasteiger partial charge in [0.2, 0.25) is 5.91 Å². The second-order valence-corrected chi connectivity index (χ2v) is 7.21. The van der Waals surface area contributed by atoms with Crippen LogP contribution < -0.4 is 16.2 Å². The van der Waals surface area contributed by atoms with Crippen molar-refractivity contribution in [3.63, 3.8) is 0 Å². The Hall–Kier alpha value is -0.850. The summed E-state index contributed by atoms with van der Waals surface area (Å²) in [5.41, 5.74) is 6.44. The Morgan fingerprint density at radius 3 is 2.61 bits per heavy atom. The first-order chi connectivity index (χ1) is 11.0. The highest BCUT2D eigenvalue weighted by molar-refractivity contribution is 9.10. The first-order valence-corrected chi connectivity index (χ1v) is 9.36. The molecule has 1 unspecified atom stereocenters. The van der Waals surface area contributed by atoms with Crippen molar-refractivity contribution >= 4 is 50.8 Å². The van der Waals surface area contributed by atoms with Crippen LogP contribution in [0.1, 0.15) is 38.2 Å². The fourth-order valence-corrected chi connectivity index (χ4v) is 2.57. The topological polar surface area (TPSA) is 53.2 Å². The Labute approximate surface area is 156 Å². The van der Waals surface area contributed by atoms with E-state index in [1.807, 2.05) is 24.3 Å². The highest BCUT2D eigenvalue weighted by Crippen LogP contribution is 2.13. The summed E-state index contributed by atoms with van der Waals surface area (Å²) in [7, 11) is 0. The van der Waals surface area contributed by atoms with Gasteiger partial charge < -0.3 is 5.32 Å². The minimum absolute atomic E-state index is 0.0557. The summed E-state index contributed by atoms with van der Waals surface area (Å²) in [6.07, 6.45) is 4.29. The van der Waals surface area contributed by atoms with Gasteiger partial charge >= 0.3 is 0 Å². The molecule has 0 aliphatic carbocycles. The van der Waals surface area contributed by atoms with Crippen LogP contribution in [-0.4, -0.2) is 22.9 Å². The molecule has 0 aliphatic rings. The van der Waals surface area contributed by atoms with Crippen molar-refractivity contribution < 1.29 is 4.79 Å². The van der Waals surface area contributed by atoms with Gasteiger partial charge in [0.05, 0.1) is 5.38 Å². The fraction of sp³-hybridized carbons (Fsp3) is 0.500. The predicted octanol–water partition coefficient (Wildman–Crippen LogP) is 3.67. The number of rotatable bonds is 8. The molecule has 23 heavy (non-hydrogen) atoms. The Kier molecular flexibility index (Phi) is 10.2. The minimum atomic E-state index is -0.0869. The summed E-state index contributed by atoms with van der Waals surface area (Å²) in [5.74, 6) is -0.0557. The van der Waals surface area contributed by atoms with Crippen molar-refractivity contribution in [1.29, 1.82) is 0 Å². The van der Waals surface area contributed by atoms with Gasteiger partial charge in [-0.25, -0.2) is 0 Å². The summed E-state index contributed by atoms with van der Waals surface area (Å²) in [5, 5.41) is 3.28. The maximum atomic E-state index is 11.5. The lowest BCUT2D eigenvalue weighted by molar-refractivity contribution is -0.121. The number of nitrogens with one attached hydrogen (secondary N) is 3. The van der Waals surface area contributed by atoms with Crippen molar-refractivity contribution in [1.82, 2.24) is 16.2 Å². The van der Waals surface area contributed by atoms with Crippen LogP contribution in [-0.2, 0) is 11.2 Å². The first kappa shape index (κ1) is 20.2. The molecule has 0 radical (unpaired) electrons. The summed E-state index contributed by atoms with van der Waals surface area (Å²) in [6.45, 7) is 2.63. The first-order valence-electron chi connectivity index (χ1n) is 7.72. The molecule has 1 aromatic carbocycles. The van der Waals surface area contributed by atoms with E-state index in [2.05, 4.69) is 39.0 Å². The van der Waals surface area contributed by atoms with Crippen LogP contribution in [0.3, 0.4) is 0 Å². The molecule has 0 saturated heterocycles. The average Bonchev–Trinajstić information content (AvgIpc) is 2.53.